The average Bonchev–Trinajstić information content (AvgIpc) is 3.24. The molecule has 148 valence electrons. The molecule has 0 radical (unpaired) electrons. The molecule has 3 N–H and O–H groups in total. The highest BCUT2D eigenvalue weighted by molar-refractivity contribution is 5.98. The second-order valence-corrected chi connectivity index (χ2v) is 7.74. The number of pyridine rings is 1. The highest BCUT2D eigenvalue weighted by Gasteiger charge is 2.23. The molecule has 28 heavy (non-hydrogen) atoms. The maximum Gasteiger partial charge on any atom is 0.255 e. The Morgan fingerprint density at radius 3 is 2.64 bits per heavy atom. The molecule has 1 amide bonds. The fraction of sp³-hybridized carbons (Fsp3) is 0.455. The van der Waals surface area contributed by atoms with Crippen molar-refractivity contribution in [2.24, 2.45) is 0 Å². The first kappa shape index (κ1) is 18.9. The van der Waals surface area contributed by atoms with Gasteiger partial charge in [0.05, 0.1) is 5.56 Å². The summed E-state index contributed by atoms with van der Waals surface area (Å²) in [5.41, 5.74) is 2.00. The number of carbonyl (C=O) groups excluding carboxylic acids is 1. The summed E-state index contributed by atoms with van der Waals surface area (Å²) in [4.78, 5) is 19.6. The van der Waals surface area contributed by atoms with Crippen LogP contribution in [0.4, 0.5) is 5.82 Å². The van der Waals surface area contributed by atoms with Crippen molar-refractivity contribution in [1.82, 2.24) is 20.5 Å². The van der Waals surface area contributed by atoms with E-state index in [4.69, 9.17) is 0 Å². The Kier molecular flexibility index (Phi) is 6.19. The zero-order valence-corrected chi connectivity index (χ0v) is 16.2. The van der Waals surface area contributed by atoms with Gasteiger partial charge in [0.25, 0.3) is 5.91 Å². The van der Waals surface area contributed by atoms with Gasteiger partial charge >= 0.3 is 0 Å². The molecule has 4 rings (SSSR count). The number of hydrogen-bond donors (Lipinski definition) is 3. The average molecular weight is 380 g/mol. The lowest BCUT2D eigenvalue weighted by molar-refractivity contribution is 0.0940. The first-order valence-corrected chi connectivity index (χ1v) is 10.3. The van der Waals surface area contributed by atoms with Gasteiger partial charge in [0.15, 0.2) is 0 Å². The zero-order valence-electron chi connectivity index (χ0n) is 16.2. The maximum absolute atomic E-state index is 12.7. The second kappa shape index (κ2) is 9.17. The third-order valence-corrected chi connectivity index (χ3v) is 5.63. The van der Waals surface area contributed by atoms with Crippen molar-refractivity contribution in [1.29, 1.82) is 0 Å². The molecule has 0 aliphatic carbocycles. The molecule has 0 saturated carbocycles. The molecule has 1 aromatic heterocycles. The van der Waals surface area contributed by atoms with Crippen molar-refractivity contribution >= 4 is 11.7 Å². The Morgan fingerprint density at radius 2 is 1.89 bits per heavy atom. The van der Waals surface area contributed by atoms with E-state index in [0.29, 0.717) is 17.4 Å². The van der Waals surface area contributed by atoms with Crippen LogP contribution in [-0.4, -0.2) is 54.1 Å². The summed E-state index contributed by atoms with van der Waals surface area (Å²) in [6, 6.07) is 14.9. The van der Waals surface area contributed by atoms with Gasteiger partial charge in [-0.05, 0) is 43.5 Å². The Morgan fingerprint density at radius 1 is 1.07 bits per heavy atom. The standard InChI is InChI=1S/C22H29N5O/c28-22(26-19-8-12-23-15-19)20-7-4-11-24-21(20)25-18-9-13-27(14-10-18)16-17-5-2-1-3-6-17/h1-7,11,18-19,23H,8-10,12-16H2,(H,24,25)(H,26,28)/t19-/m0/s1. The molecular formula is C22H29N5O. The van der Waals surface area contributed by atoms with Crippen LogP contribution in [0.2, 0.25) is 0 Å². The number of hydrogen-bond acceptors (Lipinski definition) is 5. The van der Waals surface area contributed by atoms with Crippen molar-refractivity contribution in [2.75, 3.05) is 31.5 Å². The predicted molar refractivity (Wildman–Crippen MR) is 111 cm³/mol. The van der Waals surface area contributed by atoms with Gasteiger partial charge in [-0.3, -0.25) is 9.69 Å². The summed E-state index contributed by atoms with van der Waals surface area (Å²) in [7, 11) is 0. The minimum Gasteiger partial charge on any atom is -0.367 e. The monoisotopic (exact) mass is 379 g/mol. The first-order chi connectivity index (χ1) is 13.8. The molecule has 1 atom stereocenters. The van der Waals surface area contributed by atoms with E-state index in [0.717, 1.165) is 52.0 Å². The number of piperidine rings is 1. The number of aromatic nitrogens is 1. The first-order valence-electron chi connectivity index (χ1n) is 10.3. The van der Waals surface area contributed by atoms with E-state index in [9.17, 15) is 4.79 Å². The maximum atomic E-state index is 12.7. The highest BCUT2D eigenvalue weighted by atomic mass is 16.1. The number of likely N-dealkylation sites (tertiary alicyclic amines) is 1. The second-order valence-electron chi connectivity index (χ2n) is 7.74. The van der Waals surface area contributed by atoms with Crippen LogP contribution < -0.4 is 16.0 Å². The van der Waals surface area contributed by atoms with Gasteiger partial charge in [-0.1, -0.05) is 30.3 Å². The quantitative estimate of drug-likeness (QED) is 0.718. The van der Waals surface area contributed by atoms with E-state index in [1.54, 1.807) is 6.20 Å². The van der Waals surface area contributed by atoms with Crippen LogP contribution >= 0.6 is 0 Å². The van der Waals surface area contributed by atoms with Crippen molar-refractivity contribution in [3.63, 3.8) is 0 Å². The van der Waals surface area contributed by atoms with Gasteiger partial charge in [-0.2, -0.15) is 0 Å². The van der Waals surface area contributed by atoms with E-state index in [1.165, 1.54) is 5.56 Å². The summed E-state index contributed by atoms with van der Waals surface area (Å²) < 4.78 is 0. The molecule has 2 aliphatic heterocycles. The van der Waals surface area contributed by atoms with Crippen LogP contribution in [0.1, 0.15) is 35.2 Å². The van der Waals surface area contributed by atoms with Gasteiger partial charge in [0, 0.05) is 44.5 Å². The summed E-state index contributed by atoms with van der Waals surface area (Å²) in [6.07, 6.45) is 4.84. The Labute approximate surface area is 166 Å². The van der Waals surface area contributed by atoms with E-state index in [1.807, 2.05) is 12.1 Å². The SMILES string of the molecule is O=C(N[C@H]1CCNC1)c1cccnc1NC1CCN(Cc2ccccc2)CC1. The lowest BCUT2D eigenvalue weighted by atomic mass is 10.0. The minimum absolute atomic E-state index is 0.0363. The lowest BCUT2D eigenvalue weighted by Gasteiger charge is -2.33. The normalized spacial score (nSPS) is 20.8. The van der Waals surface area contributed by atoms with Crippen LogP contribution in [0.5, 0.6) is 0 Å². The van der Waals surface area contributed by atoms with Crippen molar-refractivity contribution in [2.45, 2.75) is 37.9 Å². The van der Waals surface area contributed by atoms with E-state index in [-0.39, 0.29) is 11.9 Å². The molecule has 2 aliphatic rings. The van der Waals surface area contributed by atoms with Gasteiger partial charge in [-0.15, -0.1) is 0 Å². The van der Waals surface area contributed by atoms with Gasteiger partial charge in [0.2, 0.25) is 0 Å². The van der Waals surface area contributed by atoms with E-state index >= 15 is 0 Å². The van der Waals surface area contributed by atoms with Gasteiger partial charge in [0.1, 0.15) is 5.82 Å². The smallest absolute Gasteiger partial charge is 0.255 e. The van der Waals surface area contributed by atoms with Crippen LogP contribution in [-0.2, 0) is 6.54 Å². The third kappa shape index (κ3) is 4.88. The summed E-state index contributed by atoms with van der Waals surface area (Å²) >= 11 is 0. The van der Waals surface area contributed by atoms with Crippen molar-refractivity contribution in [3.05, 3.63) is 59.8 Å². The molecule has 0 unspecified atom stereocenters. The minimum atomic E-state index is -0.0363. The molecule has 2 fully saturated rings. The van der Waals surface area contributed by atoms with Crippen molar-refractivity contribution < 1.29 is 4.79 Å². The number of anilines is 1. The molecule has 1 aromatic carbocycles. The number of nitrogens with zero attached hydrogens (tertiary/aromatic N) is 2. The molecule has 6 heteroatoms. The summed E-state index contributed by atoms with van der Waals surface area (Å²) in [6.45, 7) is 4.91. The molecule has 2 saturated heterocycles. The summed E-state index contributed by atoms with van der Waals surface area (Å²) in [5, 5.41) is 9.92. The summed E-state index contributed by atoms with van der Waals surface area (Å²) in [5.74, 6) is 0.665. The Balaban J connectivity index is 1.32. The van der Waals surface area contributed by atoms with Crippen molar-refractivity contribution in [3.8, 4) is 0 Å². The third-order valence-electron chi connectivity index (χ3n) is 5.63. The zero-order chi connectivity index (χ0) is 19.2. The van der Waals surface area contributed by atoms with Gasteiger partial charge < -0.3 is 16.0 Å². The number of amides is 1. The number of carbonyl (C=O) groups is 1. The predicted octanol–water partition coefficient (Wildman–Crippen LogP) is 2.25. The van der Waals surface area contributed by atoms with Crippen LogP contribution in [0.3, 0.4) is 0 Å². The Hall–Kier alpha value is -2.44. The van der Waals surface area contributed by atoms with E-state index in [2.05, 4.69) is 56.2 Å². The highest BCUT2D eigenvalue weighted by Crippen LogP contribution is 2.20. The molecule has 0 bridgehead atoms. The molecule has 3 heterocycles. The number of rotatable bonds is 6. The fourth-order valence-corrected chi connectivity index (χ4v) is 4.01. The molecule has 0 spiro atoms. The lowest BCUT2D eigenvalue weighted by Crippen LogP contribution is -2.40. The molecular weight excluding hydrogens is 350 g/mol. The van der Waals surface area contributed by atoms with Crippen LogP contribution in [0, 0.1) is 0 Å². The molecule has 2 aromatic rings. The van der Waals surface area contributed by atoms with Crippen LogP contribution in [0.25, 0.3) is 0 Å². The largest absolute Gasteiger partial charge is 0.367 e. The number of benzene rings is 1. The number of nitrogens with one attached hydrogen (secondary N) is 3. The fourth-order valence-electron chi connectivity index (χ4n) is 4.01. The topological polar surface area (TPSA) is 69.3 Å². The van der Waals surface area contributed by atoms with Gasteiger partial charge in [-0.25, -0.2) is 4.98 Å². The van der Waals surface area contributed by atoms with Crippen LogP contribution in [0.15, 0.2) is 48.7 Å². The molecule has 6 nitrogen and oxygen atoms in total. The van der Waals surface area contributed by atoms with E-state index < -0.39 is 0 Å². The Bertz CT molecular complexity index is 768.